The van der Waals surface area contributed by atoms with Crippen molar-refractivity contribution in [2.24, 2.45) is 5.73 Å². The number of benzene rings is 2. The van der Waals surface area contributed by atoms with Gasteiger partial charge in [-0.25, -0.2) is 4.39 Å². The lowest BCUT2D eigenvalue weighted by Gasteiger charge is -2.14. The van der Waals surface area contributed by atoms with Crippen molar-refractivity contribution in [2.45, 2.75) is 12.5 Å². The second-order valence-corrected chi connectivity index (χ2v) is 5.86. The predicted octanol–water partition coefficient (Wildman–Crippen LogP) is 4.38. The average Bonchev–Trinajstić information content (AvgIpc) is 2.50. The summed E-state index contributed by atoms with van der Waals surface area (Å²) in [6.45, 7) is 0. The first-order valence-electron chi connectivity index (χ1n) is 6.67. The van der Waals surface area contributed by atoms with E-state index in [0.717, 1.165) is 26.5 Å². The molecule has 2 aromatic carbocycles. The topological polar surface area (TPSA) is 38.9 Å². The van der Waals surface area contributed by atoms with Gasteiger partial charge in [0, 0.05) is 22.1 Å². The molecule has 0 spiro atoms. The molecule has 106 valence electrons. The molecule has 0 saturated carbocycles. The first-order valence-corrected chi connectivity index (χ1v) is 7.47. The molecule has 4 heteroatoms. The maximum absolute atomic E-state index is 13.3. The van der Waals surface area contributed by atoms with Crippen molar-refractivity contribution in [3.63, 3.8) is 0 Å². The van der Waals surface area contributed by atoms with Crippen molar-refractivity contribution in [3.05, 3.63) is 76.1 Å². The Labute approximate surface area is 130 Å². The Morgan fingerprint density at radius 2 is 2.00 bits per heavy atom. The molecule has 3 rings (SSSR count). The monoisotopic (exact) mass is 344 g/mol. The van der Waals surface area contributed by atoms with Crippen molar-refractivity contribution in [2.75, 3.05) is 0 Å². The Morgan fingerprint density at radius 3 is 2.86 bits per heavy atom. The lowest BCUT2D eigenvalue weighted by molar-refractivity contribution is 0.621. The number of aromatic nitrogens is 1. The summed E-state index contributed by atoms with van der Waals surface area (Å²) in [4.78, 5) is 4.29. The lowest BCUT2D eigenvalue weighted by atomic mass is 9.98. The van der Waals surface area contributed by atoms with Crippen LogP contribution in [-0.2, 0) is 6.42 Å². The summed E-state index contributed by atoms with van der Waals surface area (Å²) in [5.41, 5.74) is 9.11. The van der Waals surface area contributed by atoms with Gasteiger partial charge in [-0.05, 0) is 53.9 Å². The molecule has 1 atom stereocenters. The minimum Gasteiger partial charge on any atom is -0.324 e. The summed E-state index contributed by atoms with van der Waals surface area (Å²) < 4.78 is 14.2. The third kappa shape index (κ3) is 3.12. The van der Waals surface area contributed by atoms with Gasteiger partial charge < -0.3 is 5.73 Å². The molecule has 0 bridgehead atoms. The zero-order valence-corrected chi connectivity index (χ0v) is 12.8. The van der Waals surface area contributed by atoms with Crippen LogP contribution in [0, 0.1) is 5.82 Å². The van der Waals surface area contributed by atoms with Crippen molar-refractivity contribution >= 4 is 26.8 Å². The van der Waals surface area contributed by atoms with E-state index < -0.39 is 0 Å². The number of pyridine rings is 1. The average molecular weight is 345 g/mol. The highest BCUT2D eigenvalue weighted by Crippen LogP contribution is 2.25. The fourth-order valence-electron chi connectivity index (χ4n) is 2.38. The van der Waals surface area contributed by atoms with Gasteiger partial charge in [-0.3, -0.25) is 4.98 Å². The molecule has 0 aliphatic heterocycles. The van der Waals surface area contributed by atoms with E-state index in [0.29, 0.717) is 6.42 Å². The summed E-state index contributed by atoms with van der Waals surface area (Å²) in [6.07, 6.45) is 2.34. The molecule has 2 nitrogen and oxygen atoms in total. The Balaban J connectivity index is 1.89. The molecule has 0 aliphatic rings. The molecule has 0 fully saturated rings. The van der Waals surface area contributed by atoms with Crippen LogP contribution in [0.5, 0.6) is 0 Å². The molecule has 0 amide bonds. The molecule has 2 N–H and O–H groups in total. The predicted molar refractivity (Wildman–Crippen MR) is 86.5 cm³/mol. The molecular formula is C17H14BrFN2. The van der Waals surface area contributed by atoms with Crippen LogP contribution in [0.4, 0.5) is 4.39 Å². The first-order chi connectivity index (χ1) is 10.1. The van der Waals surface area contributed by atoms with E-state index in [1.54, 1.807) is 12.3 Å². The summed E-state index contributed by atoms with van der Waals surface area (Å²) in [7, 11) is 0. The maximum atomic E-state index is 13.3. The molecule has 1 heterocycles. The summed E-state index contributed by atoms with van der Waals surface area (Å²) in [5, 5.41) is 1.06. The minimum absolute atomic E-state index is 0.187. The van der Waals surface area contributed by atoms with E-state index in [2.05, 4.69) is 20.9 Å². The lowest BCUT2D eigenvalue weighted by Crippen LogP contribution is -2.13. The summed E-state index contributed by atoms with van der Waals surface area (Å²) in [6, 6.07) is 14.4. The molecule has 3 aromatic rings. The third-order valence-corrected chi connectivity index (χ3v) is 4.28. The van der Waals surface area contributed by atoms with Gasteiger partial charge in [0.05, 0.1) is 5.52 Å². The smallest absolute Gasteiger partial charge is 0.123 e. The van der Waals surface area contributed by atoms with Gasteiger partial charge in [0.25, 0.3) is 0 Å². The molecule has 1 aromatic heterocycles. The van der Waals surface area contributed by atoms with E-state index in [-0.39, 0.29) is 11.9 Å². The van der Waals surface area contributed by atoms with Crippen molar-refractivity contribution < 1.29 is 4.39 Å². The number of fused-ring (bicyclic) bond motifs is 1. The van der Waals surface area contributed by atoms with E-state index >= 15 is 0 Å². The standard InChI is InChI=1S/C17H14BrFN2/c18-15-5-4-14(19)9-13(15)10-16(20)11-3-6-17-12(8-11)2-1-7-21-17/h1-9,16H,10,20H2. The fourth-order valence-corrected chi connectivity index (χ4v) is 2.79. The summed E-state index contributed by atoms with van der Waals surface area (Å²) >= 11 is 3.44. The normalized spacial score (nSPS) is 12.5. The SMILES string of the molecule is NC(Cc1cc(F)ccc1Br)c1ccc2ncccc2c1. The largest absolute Gasteiger partial charge is 0.324 e. The highest BCUT2D eigenvalue weighted by Gasteiger charge is 2.11. The van der Waals surface area contributed by atoms with Gasteiger partial charge in [0.15, 0.2) is 0 Å². The number of nitrogens with two attached hydrogens (primary N) is 1. The Hall–Kier alpha value is -1.78. The number of rotatable bonds is 3. The number of nitrogens with zero attached hydrogens (tertiary/aromatic N) is 1. The molecule has 0 saturated heterocycles. The molecule has 0 aliphatic carbocycles. The van der Waals surface area contributed by atoms with E-state index in [9.17, 15) is 4.39 Å². The van der Waals surface area contributed by atoms with Gasteiger partial charge in [0.1, 0.15) is 5.82 Å². The van der Waals surface area contributed by atoms with Crippen LogP contribution < -0.4 is 5.73 Å². The molecule has 21 heavy (non-hydrogen) atoms. The first kappa shape index (κ1) is 14.2. The summed E-state index contributed by atoms with van der Waals surface area (Å²) in [5.74, 6) is -0.247. The highest BCUT2D eigenvalue weighted by atomic mass is 79.9. The second-order valence-electron chi connectivity index (χ2n) is 5.00. The zero-order chi connectivity index (χ0) is 14.8. The van der Waals surface area contributed by atoms with E-state index in [1.165, 1.54) is 12.1 Å². The van der Waals surface area contributed by atoms with Crippen molar-refractivity contribution in [3.8, 4) is 0 Å². The minimum atomic E-state index is -0.247. The van der Waals surface area contributed by atoms with Gasteiger partial charge in [0.2, 0.25) is 0 Å². The van der Waals surface area contributed by atoms with Gasteiger partial charge in [-0.15, -0.1) is 0 Å². The van der Waals surface area contributed by atoms with Gasteiger partial charge in [-0.2, -0.15) is 0 Å². The van der Waals surface area contributed by atoms with E-state index in [1.807, 2.05) is 30.3 Å². The van der Waals surface area contributed by atoms with Crippen LogP contribution >= 0.6 is 15.9 Å². The van der Waals surface area contributed by atoms with Crippen LogP contribution in [0.2, 0.25) is 0 Å². The van der Waals surface area contributed by atoms with E-state index in [4.69, 9.17) is 5.73 Å². The van der Waals surface area contributed by atoms with Crippen molar-refractivity contribution in [1.29, 1.82) is 0 Å². The van der Waals surface area contributed by atoms with Crippen molar-refractivity contribution in [1.82, 2.24) is 4.98 Å². The Kier molecular flexibility index (Phi) is 3.99. The van der Waals surface area contributed by atoms with Gasteiger partial charge >= 0.3 is 0 Å². The quantitative estimate of drug-likeness (QED) is 0.765. The van der Waals surface area contributed by atoms with Crippen LogP contribution in [-0.4, -0.2) is 4.98 Å². The number of halogens is 2. The maximum Gasteiger partial charge on any atom is 0.123 e. The van der Waals surface area contributed by atoms with Crippen LogP contribution in [0.25, 0.3) is 10.9 Å². The Morgan fingerprint density at radius 1 is 1.14 bits per heavy atom. The molecular weight excluding hydrogens is 331 g/mol. The zero-order valence-electron chi connectivity index (χ0n) is 11.3. The van der Waals surface area contributed by atoms with Gasteiger partial charge in [-0.1, -0.05) is 28.1 Å². The molecule has 0 radical (unpaired) electrons. The van der Waals surface area contributed by atoms with Crippen LogP contribution in [0.15, 0.2) is 59.2 Å². The highest BCUT2D eigenvalue weighted by molar-refractivity contribution is 9.10. The molecule has 1 unspecified atom stereocenters. The fraction of sp³-hybridized carbons (Fsp3) is 0.118. The third-order valence-electron chi connectivity index (χ3n) is 3.50. The number of hydrogen-bond donors (Lipinski definition) is 1. The number of hydrogen-bond acceptors (Lipinski definition) is 2. The Bertz CT molecular complexity index is 789. The van der Waals surface area contributed by atoms with Crippen LogP contribution in [0.3, 0.4) is 0 Å². The second kappa shape index (κ2) is 5.92. The van der Waals surface area contributed by atoms with Crippen LogP contribution in [0.1, 0.15) is 17.2 Å².